The van der Waals surface area contributed by atoms with Crippen molar-refractivity contribution < 1.29 is 23.5 Å². The van der Waals surface area contributed by atoms with Crippen molar-refractivity contribution in [3.8, 4) is 5.75 Å². The monoisotopic (exact) mass is 563 g/mol. The molecule has 1 aliphatic heterocycles. The van der Waals surface area contributed by atoms with Crippen LogP contribution in [0, 0.1) is 17.1 Å². The second-order valence-electron chi connectivity index (χ2n) is 9.37. The molecule has 202 valence electrons. The summed E-state index contributed by atoms with van der Waals surface area (Å²) >= 11 is 12.0. The first-order chi connectivity index (χ1) is 18.1. The molecule has 38 heavy (non-hydrogen) atoms. The number of rotatable bonds is 11. The highest BCUT2D eigenvalue weighted by Crippen LogP contribution is 2.52. The van der Waals surface area contributed by atoms with Gasteiger partial charge >= 0.3 is 0 Å². The van der Waals surface area contributed by atoms with Gasteiger partial charge in [0.15, 0.2) is 5.78 Å². The first kappa shape index (κ1) is 27.8. The number of hydrogen-bond acceptors (Lipinski definition) is 7. The molecule has 2 heterocycles. The van der Waals surface area contributed by atoms with Gasteiger partial charge in [0.05, 0.1) is 6.54 Å². The molecule has 4 rings (SSSR count). The van der Waals surface area contributed by atoms with Crippen molar-refractivity contribution in [2.24, 2.45) is 5.92 Å². The Kier molecular flexibility index (Phi) is 8.52. The minimum atomic E-state index is -0.789. The number of likely N-dealkylation sites (tertiary alicyclic amines) is 1. The Labute approximate surface area is 229 Å². The van der Waals surface area contributed by atoms with Gasteiger partial charge in [-0.3, -0.25) is 24.8 Å². The Balaban J connectivity index is 1.39. The molecular formula is C26H28Cl2FN5O4. The first-order valence-electron chi connectivity index (χ1n) is 12.2. The van der Waals surface area contributed by atoms with Crippen LogP contribution in [0.15, 0.2) is 36.5 Å². The van der Waals surface area contributed by atoms with Crippen LogP contribution in [0.5, 0.6) is 5.75 Å². The number of anilines is 1. The molecular weight excluding hydrogens is 536 g/mol. The van der Waals surface area contributed by atoms with Crippen LogP contribution < -0.4 is 15.4 Å². The molecule has 2 amide bonds. The predicted molar refractivity (Wildman–Crippen MR) is 141 cm³/mol. The van der Waals surface area contributed by atoms with Crippen molar-refractivity contribution in [2.75, 3.05) is 25.0 Å². The predicted octanol–water partition coefficient (Wildman–Crippen LogP) is 3.47. The maximum Gasteiger partial charge on any atom is 0.242 e. The van der Waals surface area contributed by atoms with Gasteiger partial charge in [-0.05, 0) is 49.6 Å². The molecule has 0 radical (unpaired) electrons. The lowest BCUT2D eigenvalue weighted by atomic mass is 10.0. The highest BCUT2D eigenvalue weighted by molar-refractivity contribution is 6.50. The number of carbonyl (C=O) groups is 3. The van der Waals surface area contributed by atoms with Crippen LogP contribution in [0.3, 0.4) is 0 Å². The molecule has 9 nitrogen and oxygen atoms in total. The molecule has 2 aliphatic rings. The maximum absolute atomic E-state index is 13.9. The van der Waals surface area contributed by atoms with E-state index in [0.29, 0.717) is 43.8 Å². The van der Waals surface area contributed by atoms with Crippen molar-refractivity contribution in [3.63, 3.8) is 0 Å². The zero-order valence-electron chi connectivity index (χ0n) is 20.7. The van der Waals surface area contributed by atoms with Gasteiger partial charge in [-0.15, -0.1) is 23.2 Å². The number of ether oxygens (including phenoxy) is 1. The Bertz CT molecular complexity index is 1260. The van der Waals surface area contributed by atoms with Crippen LogP contribution >= 0.6 is 23.2 Å². The Morgan fingerprint density at radius 3 is 2.74 bits per heavy atom. The fourth-order valence-electron chi connectivity index (χ4n) is 4.28. The number of hydrogen-bond donors (Lipinski definition) is 3. The number of aromatic nitrogens is 1. The number of nitrogens with zero attached hydrogens (tertiary/aromatic N) is 2. The average molecular weight is 564 g/mol. The van der Waals surface area contributed by atoms with Crippen molar-refractivity contribution in [2.45, 2.75) is 43.2 Å². The number of amides is 2. The lowest BCUT2D eigenvalue weighted by Crippen LogP contribution is -2.48. The largest absolute Gasteiger partial charge is 0.487 e. The topological polar surface area (TPSA) is 124 Å². The normalized spacial score (nSPS) is 19.5. The van der Waals surface area contributed by atoms with E-state index in [9.17, 15) is 18.8 Å². The van der Waals surface area contributed by atoms with Gasteiger partial charge < -0.3 is 20.3 Å². The zero-order chi connectivity index (χ0) is 27.4. The maximum atomic E-state index is 13.9. The average Bonchev–Trinajstić information content (AvgIpc) is 3.26. The molecule has 1 aliphatic carbocycles. The second-order valence-corrected chi connectivity index (χ2v) is 10.9. The fourth-order valence-corrected chi connectivity index (χ4v) is 4.81. The smallest absolute Gasteiger partial charge is 0.242 e. The molecule has 1 saturated heterocycles. The van der Waals surface area contributed by atoms with Gasteiger partial charge in [0.2, 0.25) is 11.8 Å². The third-order valence-electron chi connectivity index (χ3n) is 6.61. The molecule has 12 heteroatoms. The highest BCUT2D eigenvalue weighted by atomic mass is 35.5. The summed E-state index contributed by atoms with van der Waals surface area (Å²) in [6, 6.07) is 6.82. The summed E-state index contributed by atoms with van der Waals surface area (Å²) in [5.74, 6) is -1.20. The van der Waals surface area contributed by atoms with Crippen LogP contribution in [0.1, 0.15) is 37.4 Å². The van der Waals surface area contributed by atoms with E-state index in [4.69, 9.17) is 33.3 Å². The third-order valence-corrected chi connectivity index (χ3v) is 7.53. The summed E-state index contributed by atoms with van der Waals surface area (Å²) in [5.41, 5.74) is 0.455. The van der Waals surface area contributed by atoms with E-state index >= 15 is 0 Å². The molecule has 0 bridgehead atoms. The van der Waals surface area contributed by atoms with Gasteiger partial charge in [-0.25, -0.2) is 4.39 Å². The van der Waals surface area contributed by atoms with Crippen molar-refractivity contribution in [1.29, 1.82) is 5.41 Å². The lowest BCUT2D eigenvalue weighted by molar-refractivity contribution is -0.137. The van der Waals surface area contributed by atoms with Gasteiger partial charge in [0.25, 0.3) is 0 Å². The van der Waals surface area contributed by atoms with Crippen LogP contribution in [0.2, 0.25) is 0 Å². The number of ketones is 1. The third kappa shape index (κ3) is 6.60. The van der Waals surface area contributed by atoms with E-state index in [0.717, 1.165) is 0 Å². The van der Waals surface area contributed by atoms with E-state index in [1.165, 1.54) is 36.2 Å². The number of carbonyl (C=O) groups excluding carboxylic acids is 3. The van der Waals surface area contributed by atoms with E-state index in [2.05, 4.69) is 15.6 Å². The summed E-state index contributed by atoms with van der Waals surface area (Å²) < 4.78 is 18.7. The number of benzene rings is 1. The van der Waals surface area contributed by atoms with Crippen molar-refractivity contribution in [1.82, 2.24) is 15.2 Å². The Hall–Kier alpha value is -3.24. The van der Waals surface area contributed by atoms with E-state index < -0.39 is 22.0 Å². The lowest BCUT2D eigenvalue weighted by Gasteiger charge is -2.24. The second kappa shape index (κ2) is 11.7. The number of nitrogens with one attached hydrogen (secondary N) is 3. The summed E-state index contributed by atoms with van der Waals surface area (Å²) in [6.07, 6.45) is 3.33. The van der Waals surface area contributed by atoms with Gasteiger partial charge in [-0.2, -0.15) is 0 Å². The van der Waals surface area contributed by atoms with E-state index in [1.54, 1.807) is 12.1 Å². The quantitative estimate of drug-likeness (QED) is 0.284. The first-order valence-corrected chi connectivity index (χ1v) is 13.0. The van der Waals surface area contributed by atoms with Crippen LogP contribution in [-0.4, -0.2) is 63.2 Å². The molecule has 3 N–H and O–H groups in total. The molecule has 1 saturated carbocycles. The molecule has 1 aromatic carbocycles. The molecule has 0 spiro atoms. The van der Waals surface area contributed by atoms with Gasteiger partial charge in [0.1, 0.15) is 40.0 Å². The zero-order valence-corrected chi connectivity index (χ0v) is 22.2. The van der Waals surface area contributed by atoms with Crippen molar-refractivity contribution >= 4 is 52.2 Å². The van der Waals surface area contributed by atoms with Gasteiger partial charge in [0, 0.05) is 43.4 Å². The van der Waals surface area contributed by atoms with Gasteiger partial charge in [-0.1, -0.05) is 0 Å². The summed E-state index contributed by atoms with van der Waals surface area (Å²) in [7, 11) is 0. The molecule has 2 aromatic rings. The molecule has 2 unspecified atom stereocenters. The highest BCUT2D eigenvalue weighted by Gasteiger charge is 2.51. The minimum absolute atomic E-state index is 0.00644. The number of alkyl halides is 2. The number of halogens is 3. The Morgan fingerprint density at radius 1 is 1.29 bits per heavy atom. The summed E-state index contributed by atoms with van der Waals surface area (Å²) in [4.78, 5) is 43.1. The van der Waals surface area contributed by atoms with E-state index in [-0.39, 0.29) is 47.9 Å². The Morgan fingerprint density at radius 2 is 2.05 bits per heavy atom. The minimum Gasteiger partial charge on any atom is -0.487 e. The van der Waals surface area contributed by atoms with E-state index in [1.807, 2.05) is 0 Å². The fraction of sp³-hybridized carbons (Fsp3) is 0.423. The van der Waals surface area contributed by atoms with Crippen LogP contribution in [0.25, 0.3) is 0 Å². The van der Waals surface area contributed by atoms with Crippen LogP contribution in [-0.2, 0) is 21.0 Å². The SMILES string of the molecule is CC(=O)C(=N)c1cc(OCc2ncccc2F)ccc1NCC(=O)N1CCCC1C(=O)NCC1CC1(Cl)Cl. The van der Waals surface area contributed by atoms with Crippen LogP contribution in [0.4, 0.5) is 10.1 Å². The molecule has 2 atom stereocenters. The number of pyridine rings is 1. The number of Topliss-reactive ketones (excluding diaryl/α,β-unsaturated/α-hetero) is 1. The summed E-state index contributed by atoms with van der Waals surface area (Å²) in [6.45, 7) is 1.79. The molecule has 1 aromatic heterocycles. The summed E-state index contributed by atoms with van der Waals surface area (Å²) in [5, 5.41) is 14.1. The standard InChI is InChI=1S/C26H28Cl2FN5O4/c1-15(35)24(30)18-10-17(38-14-21-19(29)4-2-8-31-21)6-7-20(18)32-13-23(36)34-9-3-5-22(34)25(37)33-12-16-11-26(16,27)28/h2,4,6-8,10,16,22,30,32H,3,5,9,11-14H2,1H3,(H,33,37). The van der Waals surface area contributed by atoms with Crippen molar-refractivity contribution in [3.05, 3.63) is 53.6 Å². The molecule has 2 fully saturated rings.